The lowest BCUT2D eigenvalue weighted by atomic mass is 9.89. The Morgan fingerprint density at radius 1 is 1.46 bits per heavy atom. The second-order valence-electron chi connectivity index (χ2n) is 6.33. The Kier molecular flexibility index (Phi) is 4.02. The van der Waals surface area contributed by atoms with Crippen molar-refractivity contribution in [1.29, 1.82) is 0 Å². The maximum absolute atomic E-state index is 13.2. The van der Waals surface area contributed by atoms with E-state index in [0.717, 1.165) is 25.7 Å². The van der Waals surface area contributed by atoms with Crippen LogP contribution >= 0.6 is 0 Å². The Morgan fingerprint density at radius 3 is 2.83 bits per heavy atom. The first-order chi connectivity index (χ1) is 11.2. The number of guanidine groups is 1. The molecular weight excluding hydrogens is 323 g/mol. The van der Waals surface area contributed by atoms with E-state index in [4.69, 9.17) is 5.73 Å². The van der Waals surface area contributed by atoms with Crippen LogP contribution in [0.25, 0.3) is 0 Å². The standard InChI is InChI=1S/C14H20F3N7/c1-13(11-9(6-20-23-11)14(15,16)17)5-10(21-12(18)22-13)24-4-3-8(7-24)19-2/h6,8,19H,3-5,7H2,1-2H3,(H2,18,22)(H,20,23)/t8-,13?/m1/s1. The fraction of sp³-hybridized carbons (Fsp3) is 0.643. The fourth-order valence-electron chi connectivity index (χ4n) is 3.27. The predicted octanol–water partition coefficient (Wildman–Crippen LogP) is 1.05. The zero-order valence-corrected chi connectivity index (χ0v) is 13.5. The fourth-order valence-corrected chi connectivity index (χ4v) is 3.27. The van der Waals surface area contributed by atoms with Gasteiger partial charge in [0.2, 0.25) is 5.96 Å². The molecule has 0 saturated carbocycles. The summed E-state index contributed by atoms with van der Waals surface area (Å²) in [5.41, 5.74) is 3.71. The Hall–Kier alpha value is -2.10. The van der Waals surface area contributed by atoms with Gasteiger partial charge in [0, 0.05) is 25.6 Å². The molecule has 0 bridgehead atoms. The second kappa shape index (κ2) is 5.76. The van der Waals surface area contributed by atoms with Gasteiger partial charge in [0.15, 0.2) is 0 Å². The van der Waals surface area contributed by atoms with Crippen LogP contribution in [0.1, 0.15) is 31.0 Å². The molecule has 132 valence electrons. The van der Waals surface area contributed by atoms with Crippen LogP contribution < -0.4 is 11.1 Å². The van der Waals surface area contributed by atoms with Gasteiger partial charge in [-0.25, -0.2) is 9.98 Å². The van der Waals surface area contributed by atoms with Gasteiger partial charge in [-0.3, -0.25) is 5.10 Å². The number of halogens is 3. The Bertz CT molecular complexity index is 678. The number of rotatable bonds is 2. The third-order valence-electron chi connectivity index (χ3n) is 4.55. The number of likely N-dealkylation sites (N-methyl/N-ethyl adjacent to an activating group) is 1. The van der Waals surface area contributed by atoms with Crippen LogP contribution in [0.3, 0.4) is 0 Å². The first kappa shape index (κ1) is 16.7. The number of nitrogens with one attached hydrogen (secondary N) is 2. The number of alkyl halides is 3. The van der Waals surface area contributed by atoms with E-state index in [1.54, 1.807) is 6.92 Å². The average Bonchev–Trinajstić information content (AvgIpc) is 3.15. The van der Waals surface area contributed by atoms with Gasteiger partial charge in [0.1, 0.15) is 11.4 Å². The van der Waals surface area contributed by atoms with Gasteiger partial charge < -0.3 is 16.0 Å². The maximum atomic E-state index is 13.2. The van der Waals surface area contributed by atoms with Crippen molar-refractivity contribution in [2.24, 2.45) is 15.7 Å². The molecule has 1 aromatic rings. The molecule has 3 rings (SSSR count). The van der Waals surface area contributed by atoms with Gasteiger partial charge in [-0.15, -0.1) is 0 Å². The monoisotopic (exact) mass is 343 g/mol. The average molecular weight is 343 g/mol. The number of H-pyrrole nitrogens is 1. The Balaban J connectivity index is 1.91. The summed E-state index contributed by atoms with van der Waals surface area (Å²) >= 11 is 0. The summed E-state index contributed by atoms with van der Waals surface area (Å²) in [6.07, 6.45) is -2.55. The van der Waals surface area contributed by atoms with Crippen LogP contribution in [0.15, 0.2) is 16.2 Å². The van der Waals surface area contributed by atoms with Crippen molar-refractivity contribution >= 4 is 11.8 Å². The zero-order valence-electron chi connectivity index (χ0n) is 13.5. The highest BCUT2D eigenvalue weighted by atomic mass is 19.4. The molecule has 2 atom stereocenters. The quantitative estimate of drug-likeness (QED) is 0.748. The van der Waals surface area contributed by atoms with Gasteiger partial charge >= 0.3 is 6.18 Å². The van der Waals surface area contributed by atoms with Crippen LogP contribution in [0.4, 0.5) is 13.2 Å². The molecule has 1 fully saturated rings. The molecule has 1 unspecified atom stereocenters. The third kappa shape index (κ3) is 2.97. The number of aliphatic imine (C=N–C) groups is 2. The van der Waals surface area contributed by atoms with Gasteiger partial charge in [0.25, 0.3) is 0 Å². The van der Waals surface area contributed by atoms with Crippen molar-refractivity contribution in [3.63, 3.8) is 0 Å². The molecule has 7 nitrogen and oxygen atoms in total. The smallest absolute Gasteiger partial charge is 0.368 e. The van der Waals surface area contributed by atoms with Gasteiger partial charge in [-0.05, 0) is 20.4 Å². The van der Waals surface area contributed by atoms with Crippen LogP contribution in [0, 0.1) is 0 Å². The molecule has 0 amide bonds. The SMILES string of the molecule is CN[C@@H]1CCN(C2=NC(N)=NC(C)(c3[nH]ncc3C(F)(F)F)C2)C1. The summed E-state index contributed by atoms with van der Waals surface area (Å²) in [5, 5.41) is 9.22. The van der Waals surface area contributed by atoms with E-state index >= 15 is 0 Å². The topological polar surface area (TPSA) is 94.7 Å². The number of aromatic amines is 1. The van der Waals surface area contributed by atoms with Gasteiger partial charge in [-0.1, -0.05) is 0 Å². The minimum atomic E-state index is -4.50. The maximum Gasteiger partial charge on any atom is 0.419 e. The minimum absolute atomic E-state index is 0.0191. The third-order valence-corrected chi connectivity index (χ3v) is 4.55. The normalized spacial score (nSPS) is 28.0. The summed E-state index contributed by atoms with van der Waals surface area (Å²) < 4.78 is 39.6. The van der Waals surface area contributed by atoms with E-state index in [1.165, 1.54) is 0 Å². The van der Waals surface area contributed by atoms with E-state index < -0.39 is 17.3 Å². The molecule has 1 aromatic heterocycles. The van der Waals surface area contributed by atoms with E-state index in [2.05, 4.69) is 25.5 Å². The van der Waals surface area contributed by atoms with Crippen molar-refractivity contribution in [3.05, 3.63) is 17.5 Å². The van der Waals surface area contributed by atoms with Gasteiger partial charge in [0.05, 0.1) is 17.5 Å². The predicted molar refractivity (Wildman–Crippen MR) is 83.7 cm³/mol. The molecule has 1 saturated heterocycles. The molecule has 2 aliphatic rings. The highest BCUT2D eigenvalue weighted by Crippen LogP contribution is 2.40. The summed E-state index contributed by atoms with van der Waals surface area (Å²) in [7, 11) is 1.89. The molecule has 2 aliphatic heterocycles. The lowest BCUT2D eigenvalue weighted by Crippen LogP contribution is -2.42. The molecule has 24 heavy (non-hydrogen) atoms. The van der Waals surface area contributed by atoms with Crippen LogP contribution in [0.5, 0.6) is 0 Å². The number of nitrogens with two attached hydrogens (primary N) is 1. The lowest BCUT2D eigenvalue weighted by molar-refractivity contribution is -0.138. The minimum Gasteiger partial charge on any atom is -0.368 e. The largest absolute Gasteiger partial charge is 0.419 e. The van der Waals surface area contributed by atoms with Crippen molar-refractivity contribution in [2.45, 2.75) is 37.5 Å². The number of likely N-dealkylation sites (tertiary alicyclic amines) is 1. The zero-order chi connectivity index (χ0) is 17.5. The molecular formula is C14H20F3N7. The van der Waals surface area contributed by atoms with E-state index in [-0.39, 0.29) is 18.1 Å². The summed E-state index contributed by atoms with van der Waals surface area (Å²) in [5.74, 6) is 0.639. The number of hydrogen-bond acceptors (Lipinski definition) is 6. The van der Waals surface area contributed by atoms with E-state index in [0.29, 0.717) is 11.9 Å². The number of aromatic nitrogens is 2. The summed E-state index contributed by atoms with van der Waals surface area (Å²) in [4.78, 5) is 10.5. The Labute approximate surface area is 137 Å². The first-order valence-electron chi connectivity index (χ1n) is 7.69. The van der Waals surface area contributed by atoms with E-state index in [1.807, 2.05) is 11.9 Å². The molecule has 10 heteroatoms. The van der Waals surface area contributed by atoms with E-state index in [9.17, 15) is 13.2 Å². The van der Waals surface area contributed by atoms with Crippen LogP contribution in [0.2, 0.25) is 0 Å². The van der Waals surface area contributed by atoms with Gasteiger partial charge in [-0.2, -0.15) is 18.3 Å². The van der Waals surface area contributed by atoms with Crippen molar-refractivity contribution in [2.75, 3.05) is 20.1 Å². The number of amidine groups is 1. The molecule has 0 spiro atoms. The Morgan fingerprint density at radius 2 is 2.21 bits per heavy atom. The summed E-state index contributed by atoms with van der Waals surface area (Å²) in [6, 6.07) is 0.330. The van der Waals surface area contributed by atoms with Crippen LogP contribution in [-0.4, -0.2) is 53.1 Å². The van der Waals surface area contributed by atoms with Crippen LogP contribution in [-0.2, 0) is 11.7 Å². The second-order valence-corrected chi connectivity index (χ2v) is 6.33. The molecule has 4 N–H and O–H groups in total. The lowest BCUT2D eigenvalue weighted by Gasteiger charge is -2.33. The molecule has 0 aromatic carbocycles. The van der Waals surface area contributed by atoms with Crippen molar-refractivity contribution in [1.82, 2.24) is 20.4 Å². The number of hydrogen-bond donors (Lipinski definition) is 3. The highest BCUT2D eigenvalue weighted by molar-refractivity contribution is 5.98. The highest BCUT2D eigenvalue weighted by Gasteiger charge is 2.44. The number of nitrogens with zero attached hydrogens (tertiary/aromatic N) is 4. The first-order valence-corrected chi connectivity index (χ1v) is 7.69. The van der Waals surface area contributed by atoms with Crippen molar-refractivity contribution in [3.8, 4) is 0 Å². The summed E-state index contributed by atoms with van der Waals surface area (Å²) in [6.45, 7) is 3.14. The molecule has 0 radical (unpaired) electrons. The van der Waals surface area contributed by atoms with Crippen molar-refractivity contribution < 1.29 is 13.2 Å². The molecule has 3 heterocycles. The molecule has 0 aliphatic carbocycles.